The van der Waals surface area contributed by atoms with Crippen molar-refractivity contribution in [2.75, 3.05) is 0 Å². The Labute approximate surface area is 112 Å². The minimum Gasteiger partial charge on any atom is -0.349 e. The predicted molar refractivity (Wildman–Crippen MR) is 74.0 cm³/mol. The lowest BCUT2D eigenvalue weighted by Crippen LogP contribution is -2.40. The second-order valence-corrected chi connectivity index (χ2v) is 5.43. The maximum Gasteiger partial charge on any atom is 0.261 e. The fourth-order valence-electron chi connectivity index (χ4n) is 2.12. The van der Waals surface area contributed by atoms with Crippen LogP contribution < -0.4 is 11.1 Å². The lowest BCUT2D eigenvalue weighted by molar-refractivity contribution is 0.0929. The molecule has 2 rings (SSSR count). The molecular formula is C12H19ClN2OS. The summed E-state index contributed by atoms with van der Waals surface area (Å²) in [5, 5.41) is 5.06. The molecular weight excluding hydrogens is 256 g/mol. The van der Waals surface area contributed by atoms with Gasteiger partial charge < -0.3 is 11.1 Å². The third kappa shape index (κ3) is 3.69. The lowest BCUT2D eigenvalue weighted by atomic mass is 9.92. The van der Waals surface area contributed by atoms with Gasteiger partial charge in [0.15, 0.2) is 0 Å². The van der Waals surface area contributed by atoms with Gasteiger partial charge in [-0.05, 0) is 49.6 Å². The van der Waals surface area contributed by atoms with Crippen molar-refractivity contribution >= 4 is 29.7 Å². The molecule has 0 aliphatic heterocycles. The van der Waals surface area contributed by atoms with E-state index in [2.05, 4.69) is 5.32 Å². The molecule has 1 aromatic rings. The van der Waals surface area contributed by atoms with Crippen LogP contribution in [0.4, 0.5) is 0 Å². The smallest absolute Gasteiger partial charge is 0.261 e. The van der Waals surface area contributed by atoms with Gasteiger partial charge in [0.1, 0.15) is 0 Å². The number of aryl methyl sites for hydroxylation is 1. The molecule has 1 aromatic heterocycles. The van der Waals surface area contributed by atoms with Crippen molar-refractivity contribution in [3.05, 3.63) is 21.9 Å². The van der Waals surface area contributed by atoms with E-state index < -0.39 is 0 Å². The Morgan fingerprint density at radius 2 is 2.06 bits per heavy atom. The Balaban J connectivity index is 0.00000144. The Kier molecular flexibility index (Phi) is 5.43. The molecule has 0 spiro atoms. The topological polar surface area (TPSA) is 55.1 Å². The number of nitrogens with one attached hydrogen (secondary N) is 1. The largest absolute Gasteiger partial charge is 0.349 e. The molecule has 1 aliphatic rings. The first-order chi connectivity index (χ1) is 7.66. The number of carbonyl (C=O) groups is 1. The Bertz CT molecular complexity index is 372. The number of rotatable bonds is 2. The van der Waals surface area contributed by atoms with Gasteiger partial charge in [-0.2, -0.15) is 0 Å². The highest BCUT2D eigenvalue weighted by Crippen LogP contribution is 2.19. The summed E-state index contributed by atoms with van der Waals surface area (Å²) in [4.78, 5) is 12.8. The third-order valence-corrected chi connectivity index (χ3v) is 4.19. The van der Waals surface area contributed by atoms with Gasteiger partial charge in [-0.25, -0.2) is 0 Å². The SMILES string of the molecule is Cc1ccsc1C(=O)NC1CCC(N)CC1.Cl. The van der Waals surface area contributed by atoms with E-state index in [0.29, 0.717) is 12.1 Å². The van der Waals surface area contributed by atoms with E-state index in [1.165, 1.54) is 11.3 Å². The summed E-state index contributed by atoms with van der Waals surface area (Å²) < 4.78 is 0. The Morgan fingerprint density at radius 1 is 1.41 bits per heavy atom. The van der Waals surface area contributed by atoms with Crippen LogP contribution in [0, 0.1) is 6.92 Å². The zero-order valence-electron chi connectivity index (χ0n) is 9.94. The zero-order chi connectivity index (χ0) is 11.5. The van der Waals surface area contributed by atoms with Crippen LogP contribution in [0.15, 0.2) is 11.4 Å². The van der Waals surface area contributed by atoms with E-state index in [-0.39, 0.29) is 18.3 Å². The van der Waals surface area contributed by atoms with Gasteiger partial charge in [0.05, 0.1) is 4.88 Å². The highest BCUT2D eigenvalue weighted by molar-refractivity contribution is 7.12. The van der Waals surface area contributed by atoms with Crippen LogP contribution in [-0.4, -0.2) is 18.0 Å². The van der Waals surface area contributed by atoms with E-state index in [1.807, 2.05) is 18.4 Å². The molecule has 0 bridgehead atoms. The summed E-state index contributed by atoms with van der Waals surface area (Å²) in [6, 6.07) is 2.63. The number of amides is 1. The molecule has 0 unspecified atom stereocenters. The molecule has 0 atom stereocenters. The van der Waals surface area contributed by atoms with Crippen molar-refractivity contribution in [1.29, 1.82) is 0 Å². The van der Waals surface area contributed by atoms with Crippen LogP contribution >= 0.6 is 23.7 Å². The van der Waals surface area contributed by atoms with E-state index in [0.717, 1.165) is 36.1 Å². The summed E-state index contributed by atoms with van der Waals surface area (Å²) in [5.41, 5.74) is 6.90. The molecule has 1 aliphatic carbocycles. The Morgan fingerprint density at radius 3 is 2.59 bits per heavy atom. The van der Waals surface area contributed by atoms with Crippen LogP contribution in [0.2, 0.25) is 0 Å². The van der Waals surface area contributed by atoms with E-state index >= 15 is 0 Å². The van der Waals surface area contributed by atoms with Crippen LogP contribution in [0.25, 0.3) is 0 Å². The average molecular weight is 275 g/mol. The molecule has 1 heterocycles. The molecule has 3 N–H and O–H groups in total. The molecule has 3 nitrogen and oxygen atoms in total. The summed E-state index contributed by atoms with van der Waals surface area (Å²) in [6.45, 7) is 1.97. The lowest BCUT2D eigenvalue weighted by Gasteiger charge is -2.26. The van der Waals surface area contributed by atoms with E-state index in [9.17, 15) is 4.79 Å². The number of halogens is 1. The van der Waals surface area contributed by atoms with Gasteiger partial charge in [-0.15, -0.1) is 23.7 Å². The van der Waals surface area contributed by atoms with Crippen LogP contribution in [0.5, 0.6) is 0 Å². The van der Waals surface area contributed by atoms with Gasteiger partial charge in [0, 0.05) is 12.1 Å². The predicted octanol–water partition coefficient (Wildman–Crippen LogP) is 2.48. The molecule has 96 valence electrons. The van der Waals surface area contributed by atoms with Gasteiger partial charge in [-0.3, -0.25) is 4.79 Å². The minimum atomic E-state index is 0. The fraction of sp³-hybridized carbons (Fsp3) is 0.583. The fourth-order valence-corrected chi connectivity index (χ4v) is 2.95. The van der Waals surface area contributed by atoms with Crippen molar-refractivity contribution in [2.45, 2.75) is 44.7 Å². The quantitative estimate of drug-likeness (QED) is 0.871. The number of nitrogens with two attached hydrogens (primary N) is 1. The number of carbonyl (C=O) groups excluding carboxylic acids is 1. The van der Waals surface area contributed by atoms with Gasteiger partial charge in [0.25, 0.3) is 5.91 Å². The highest BCUT2D eigenvalue weighted by atomic mass is 35.5. The Hall–Kier alpha value is -0.580. The normalized spacial score (nSPS) is 23.9. The van der Waals surface area contributed by atoms with Gasteiger partial charge in [0.2, 0.25) is 0 Å². The van der Waals surface area contributed by atoms with Crippen LogP contribution in [-0.2, 0) is 0 Å². The van der Waals surface area contributed by atoms with Crippen LogP contribution in [0.3, 0.4) is 0 Å². The number of hydrogen-bond acceptors (Lipinski definition) is 3. The molecule has 0 radical (unpaired) electrons. The minimum absolute atomic E-state index is 0. The van der Waals surface area contributed by atoms with Crippen LogP contribution in [0.1, 0.15) is 40.9 Å². The summed E-state index contributed by atoms with van der Waals surface area (Å²) >= 11 is 1.51. The van der Waals surface area contributed by atoms with E-state index in [4.69, 9.17) is 5.73 Å². The monoisotopic (exact) mass is 274 g/mol. The first-order valence-electron chi connectivity index (χ1n) is 5.77. The van der Waals surface area contributed by atoms with Crippen molar-refractivity contribution in [3.8, 4) is 0 Å². The molecule has 1 saturated carbocycles. The maximum absolute atomic E-state index is 11.9. The summed E-state index contributed by atoms with van der Waals surface area (Å²) in [7, 11) is 0. The standard InChI is InChI=1S/C12H18N2OS.ClH/c1-8-6-7-16-11(8)12(15)14-10-4-2-9(13)3-5-10;/h6-7,9-10H,2-5,13H2,1H3,(H,14,15);1H. The first kappa shape index (κ1) is 14.5. The third-order valence-electron chi connectivity index (χ3n) is 3.18. The summed E-state index contributed by atoms with van der Waals surface area (Å²) in [6.07, 6.45) is 4.07. The average Bonchev–Trinajstić information content (AvgIpc) is 2.68. The van der Waals surface area contributed by atoms with Gasteiger partial charge >= 0.3 is 0 Å². The second-order valence-electron chi connectivity index (χ2n) is 4.52. The van der Waals surface area contributed by atoms with Crippen molar-refractivity contribution in [3.63, 3.8) is 0 Å². The molecule has 0 aromatic carbocycles. The zero-order valence-corrected chi connectivity index (χ0v) is 11.6. The molecule has 5 heteroatoms. The molecule has 1 amide bonds. The van der Waals surface area contributed by atoms with Crippen molar-refractivity contribution in [2.24, 2.45) is 5.73 Å². The van der Waals surface area contributed by atoms with Crippen molar-refractivity contribution < 1.29 is 4.79 Å². The molecule has 0 saturated heterocycles. The molecule has 17 heavy (non-hydrogen) atoms. The van der Waals surface area contributed by atoms with Crippen molar-refractivity contribution in [1.82, 2.24) is 5.32 Å². The van der Waals surface area contributed by atoms with E-state index in [1.54, 1.807) is 0 Å². The van der Waals surface area contributed by atoms with Gasteiger partial charge in [-0.1, -0.05) is 0 Å². The molecule has 1 fully saturated rings. The maximum atomic E-state index is 11.9. The number of thiophene rings is 1. The number of hydrogen-bond donors (Lipinski definition) is 2. The highest BCUT2D eigenvalue weighted by Gasteiger charge is 2.21. The second kappa shape index (κ2) is 6.38. The first-order valence-corrected chi connectivity index (χ1v) is 6.65. The summed E-state index contributed by atoms with van der Waals surface area (Å²) in [5.74, 6) is 0.0768.